The largest absolute Gasteiger partial charge is 0.371 e. The first-order valence-electron chi connectivity index (χ1n) is 9.36. The van der Waals surface area contributed by atoms with Gasteiger partial charge in [0.15, 0.2) is 0 Å². The molecule has 1 aliphatic heterocycles. The summed E-state index contributed by atoms with van der Waals surface area (Å²) in [4.78, 5) is 29.6. The van der Waals surface area contributed by atoms with Crippen LogP contribution in [0, 0.1) is 10.1 Å². The Morgan fingerprint density at radius 2 is 1.97 bits per heavy atom. The summed E-state index contributed by atoms with van der Waals surface area (Å²) >= 11 is 6.07. The molecule has 0 aliphatic carbocycles. The monoisotopic (exact) mass is 410 g/mol. The van der Waals surface area contributed by atoms with E-state index in [9.17, 15) is 14.9 Å². The first-order valence-corrected chi connectivity index (χ1v) is 9.73. The smallest absolute Gasteiger partial charge is 0.270 e. The molecule has 7 nitrogen and oxygen atoms in total. The summed E-state index contributed by atoms with van der Waals surface area (Å²) in [6.45, 7) is 1.59. The summed E-state index contributed by atoms with van der Waals surface area (Å²) in [5.41, 5.74) is 2.18. The van der Waals surface area contributed by atoms with E-state index in [0.29, 0.717) is 10.6 Å². The van der Waals surface area contributed by atoms with Crippen LogP contribution >= 0.6 is 11.6 Å². The Labute approximate surface area is 172 Å². The second-order valence-corrected chi connectivity index (χ2v) is 7.47. The van der Waals surface area contributed by atoms with Gasteiger partial charge in [0.2, 0.25) is 0 Å². The number of hydrogen-bond donors (Lipinski definition) is 1. The van der Waals surface area contributed by atoms with Crippen LogP contribution in [-0.2, 0) is 0 Å². The fourth-order valence-corrected chi connectivity index (χ4v) is 3.84. The van der Waals surface area contributed by atoms with E-state index in [1.54, 1.807) is 12.3 Å². The minimum Gasteiger partial charge on any atom is -0.371 e. The number of pyridine rings is 1. The highest BCUT2D eigenvalue weighted by molar-refractivity contribution is 6.31. The summed E-state index contributed by atoms with van der Waals surface area (Å²) in [6, 6.07) is 13.5. The van der Waals surface area contributed by atoms with Gasteiger partial charge in [-0.05, 0) is 43.2 Å². The van der Waals surface area contributed by atoms with E-state index in [0.717, 1.165) is 42.5 Å². The van der Waals surface area contributed by atoms with Crippen LogP contribution in [0.5, 0.6) is 0 Å². The Kier molecular flexibility index (Phi) is 5.31. The molecule has 0 atom stereocenters. The molecular formula is C21H19ClN4O3. The molecule has 0 saturated carbocycles. The number of nitro benzene ring substituents is 1. The van der Waals surface area contributed by atoms with Crippen molar-refractivity contribution in [1.82, 2.24) is 10.3 Å². The molecule has 0 bridgehead atoms. The molecule has 1 amide bonds. The van der Waals surface area contributed by atoms with Crippen LogP contribution in [0.15, 0.2) is 54.7 Å². The number of carbonyl (C=O) groups is 1. The Morgan fingerprint density at radius 3 is 2.72 bits per heavy atom. The summed E-state index contributed by atoms with van der Waals surface area (Å²) in [5.74, 6) is -0.281. The molecule has 1 aromatic heterocycles. The SMILES string of the molecule is O=C(NC1CCN(c2ccnc3cc(Cl)ccc23)CC1)c1cccc([N+](=O)[O-])c1. The Balaban J connectivity index is 1.42. The molecule has 0 unspecified atom stereocenters. The van der Waals surface area contributed by atoms with Crippen molar-refractivity contribution in [2.45, 2.75) is 18.9 Å². The molecule has 2 heterocycles. The molecule has 3 aromatic rings. The fraction of sp³-hybridized carbons (Fsp3) is 0.238. The van der Waals surface area contributed by atoms with E-state index >= 15 is 0 Å². The summed E-state index contributed by atoms with van der Waals surface area (Å²) in [5, 5.41) is 15.6. The number of non-ortho nitro benzene ring substituents is 1. The molecule has 1 saturated heterocycles. The van der Waals surface area contributed by atoms with Gasteiger partial charge in [0, 0.05) is 59.1 Å². The van der Waals surface area contributed by atoms with Crippen LogP contribution in [0.4, 0.5) is 11.4 Å². The molecule has 1 fully saturated rings. The molecule has 0 spiro atoms. The third-order valence-electron chi connectivity index (χ3n) is 5.17. The van der Waals surface area contributed by atoms with Crippen LogP contribution in [0.25, 0.3) is 10.9 Å². The predicted octanol–water partition coefficient (Wildman–Crippen LogP) is 4.20. The average molecular weight is 411 g/mol. The van der Waals surface area contributed by atoms with E-state index in [2.05, 4.69) is 15.2 Å². The number of hydrogen-bond acceptors (Lipinski definition) is 5. The lowest BCUT2D eigenvalue weighted by molar-refractivity contribution is -0.384. The van der Waals surface area contributed by atoms with Crippen molar-refractivity contribution in [2.75, 3.05) is 18.0 Å². The van der Waals surface area contributed by atoms with Gasteiger partial charge in [0.1, 0.15) is 0 Å². The number of aromatic nitrogens is 1. The van der Waals surface area contributed by atoms with E-state index in [1.165, 1.54) is 18.2 Å². The molecule has 2 aromatic carbocycles. The van der Waals surface area contributed by atoms with E-state index in [4.69, 9.17) is 11.6 Å². The summed E-state index contributed by atoms with van der Waals surface area (Å²) in [6.07, 6.45) is 3.36. The number of rotatable bonds is 4. The highest BCUT2D eigenvalue weighted by Gasteiger charge is 2.23. The standard InChI is InChI=1S/C21H19ClN4O3/c22-15-4-5-18-19(13-15)23-9-6-20(18)25-10-7-16(8-11-25)24-21(27)14-2-1-3-17(12-14)26(28)29/h1-6,9,12-13,16H,7-8,10-11H2,(H,24,27). The Hall–Kier alpha value is -3.19. The first-order chi connectivity index (χ1) is 14.0. The van der Waals surface area contributed by atoms with Crippen molar-refractivity contribution in [3.8, 4) is 0 Å². The number of anilines is 1. The number of halogens is 1. The van der Waals surface area contributed by atoms with Gasteiger partial charge in [-0.3, -0.25) is 19.9 Å². The quantitative estimate of drug-likeness (QED) is 0.514. The number of nitrogens with zero attached hydrogens (tertiary/aromatic N) is 3. The zero-order valence-corrected chi connectivity index (χ0v) is 16.3. The van der Waals surface area contributed by atoms with Crippen LogP contribution < -0.4 is 10.2 Å². The number of fused-ring (bicyclic) bond motifs is 1. The average Bonchev–Trinajstić information content (AvgIpc) is 2.73. The van der Waals surface area contributed by atoms with Crippen LogP contribution in [-0.4, -0.2) is 34.9 Å². The van der Waals surface area contributed by atoms with Crippen LogP contribution in [0.3, 0.4) is 0 Å². The molecule has 8 heteroatoms. The third kappa shape index (κ3) is 4.14. The zero-order valence-electron chi connectivity index (χ0n) is 15.5. The number of nitrogens with one attached hydrogen (secondary N) is 1. The van der Waals surface area contributed by atoms with Crippen LogP contribution in [0.2, 0.25) is 5.02 Å². The molecule has 1 N–H and O–H groups in total. The van der Waals surface area contributed by atoms with Gasteiger partial charge in [-0.1, -0.05) is 17.7 Å². The Bertz CT molecular complexity index is 1080. The minimum atomic E-state index is -0.499. The number of benzene rings is 2. The summed E-state index contributed by atoms with van der Waals surface area (Å²) < 4.78 is 0. The maximum absolute atomic E-state index is 12.5. The highest BCUT2D eigenvalue weighted by atomic mass is 35.5. The fourth-order valence-electron chi connectivity index (χ4n) is 3.68. The maximum Gasteiger partial charge on any atom is 0.270 e. The van der Waals surface area contributed by atoms with Crippen molar-refractivity contribution >= 4 is 39.8 Å². The minimum absolute atomic E-state index is 0.0283. The third-order valence-corrected chi connectivity index (χ3v) is 5.41. The van der Waals surface area contributed by atoms with E-state index in [-0.39, 0.29) is 17.6 Å². The molecule has 148 valence electrons. The number of amides is 1. The highest BCUT2D eigenvalue weighted by Crippen LogP contribution is 2.29. The first kappa shape index (κ1) is 19.1. The lowest BCUT2D eigenvalue weighted by atomic mass is 10.0. The van der Waals surface area contributed by atoms with Gasteiger partial charge in [0.05, 0.1) is 10.4 Å². The lowest BCUT2D eigenvalue weighted by Crippen LogP contribution is -2.44. The topological polar surface area (TPSA) is 88.4 Å². The summed E-state index contributed by atoms with van der Waals surface area (Å²) in [7, 11) is 0. The number of piperidine rings is 1. The molecule has 4 rings (SSSR count). The van der Waals surface area contributed by atoms with Crippen LogP contribution in [0.1, 0.15) is 23.2 Å². The van der Waals surface area contributed by atoms with Crippen molar-refractivity contribution in [3.05, 3.63) is 75.4 Å². The van der Waals surface area contributed by atoms with E-state index < -0.39 is 4.92 Å². The van der Waals surface area contributed by atoms with Gasteiger partial charge < -0.3 is 10.2 Å². The van der Waals surface area contributed by atoms with Crippen molar-refractivity contribution in [2.24, 2.45) is 0 Å². The second kappa shape index (κ2) is 8.05. The molecule has 29 heavy (non-hydrogen) atoms. The molecular weight excluding hydrogens is 392 g/mol. The lowest BCUT2D eigenvalue weighted by Gasteiger charge is -2.34. The van der Waals surface area contributed by atoms with Crippen molar-refractivity contribution in [3.63, 3.8) is 0 Å². The van der Waals surface area contributed by atoms with Crippen molar-refractivity contribution < 1.29 is 9.72 Å². The Morgan fingerprint density at radius 1 is 1.17 bits per heavy atom. The molecule has 1 aliphatic rings. The van der Waals surface area contributed by atoms with Gasteiger partial charge in [-0.2, -0.15) is 0 Å². The van der Waals surface area contributed by atoms with E-state index in [1.807, 2.05) is 24.3 Å². The maximum atomic E-state index is 12.5. The van der Waals surface area contributed by atoms with Gasteiger partial charge >= 0.3 is 0 Å². The normalized spacial score (nSPS) is 14.7. The zero-order chi connectivity index (χ0) is 20.4. The number of nitro groups is 1. The van der Waals surface area contributed by atoms with Gasteiger partial charge in [-0.15, -0.1) is 0 Å². The van der Waals surface area contributed by atoms with Gasteiger partial charge in [0.25, 0.3) is 11.6 Å². The molecule has 0 radical (unpaired) electrons. The number of carbonyl (C=O) groups excluding carboxylic acids is 1. The predicted molar refractivity (Wildman–Crippen MR) is 113 cm³/mol. The van der Waals surface area contributed by atoms with Crippen molar-refractivity contribution in [1.29, 1.82) is 0 Å². The van der Waals surface area contributed by atoms with Gasteiger partial charge in [-0.25, -0.2) is 0 Å². The second-order valence-electron chi connectivity index (χ2n) is 7.03.